The molecule has 0 unspecified atom stereocenters. The number of aliphatic hydroxyl groups is 1. The fourth-order valence-electron chi connectivity index (χ4n) is 3.28. The molecule has 24 heavy (non-hydrogen) atoms. The Hall–Kier alpha value is -2.50. The molecule has 4 rings (SSSR count). The van der Waals surface area contributed by atoms with E-state index in [4.69, 9.17) is 0 Å². The molecule has 3 atom stereocenters. The van der Waals surface area contributed by atoms with Crippen LogP contribution in [0.2, 0.25) is 0 Å². The minimum Gasteiger partial charge on any atom is -0.391 e. The summed E-state index contributed by atoms with van der Waals surface area (Å²) in [5.74, 6) is 0. The van der Waals surface area contributed by atoms with E-state index in [0.717, 1.165) is 18.5 Å². The molecular weight excluding hydrogens is 300 g/mol. The summed E-state index contributed by atoms with van der Waals surface area (Å²) < 4.78 is 1.85. The average Bonchev–Trinajstić information content (AvgIpc) is 3.13. The van der Waals surface area contributed by atoms with Crippen molar-refractivity contribution in [3.05, 3.63) is 72.8 Å². The van der Waals surface area contributed by atoms with Crippen LogP contribution in [-0.2, 0) is 6.54 Å². The number of nitrogens with zero attached hydrogens (tertiary/aromatic N) is 3. The molecule has 3 aromatic rings. The Kier molecular flexibility index (Phi) is 4.11. The summed E-state index contributed by atoms with van der Waals surface area (Å²) in [5, 5.41) is 17.8. The van der Waals surface area contributed by atoms with Crippen molar-refractivity contribution in [1.82, 2.24) is 20.1 Å². The first-order chi connectivity index (χ1) is 11.8. The molecule has 2 N–H and O–H groups in total. The maximum atomic E-state index is 10.0. The number of pyridine rings is 1. The Labute approximate surface area is 141 Å². The van der Waals surface area contributed by atoms with Gasteiger partial charge in [-0.15, -0.1) is 0 Å². The van der Waals surface area contributed by atoms with Crippen molar-refractivity contribution >= 4 is 0 Å². The molecule has 1 fully saturated rings. The zero-order chi connectivity index (χ0) is 16.4. The number of aliphatic hydroxyl groups excluding tert-OH is 1. The highest BCUT2D eigenvalue weighted by atomic mass is 16.3. The van der Waals surface area contributed by atoms with Gasteiger partial charge in [0, 0.05) is 37.4 Å². The fourth-order valence-corrected chi connectivity index (χ4v) is 3.28. The van der Waals surface area contributed by atoms with Crippen molar-refractivity contribution in [3.8, 4) is 11.1 Å². The predicted octanol–water partition coefficient (Wildman–Crippen LogP) is 2.41. The molecule has 0 aliphatic heterocycles. The maximum Gasteiger partial charge on any atom is 0.0932 e. The van der Waals surface area contributed by atoms with Gasteiger partial charge in [0.15, 0.2) is 0 Å². The highest BCUT2D eigenvalue weighted by Crippen LogP contribution is 2.32. The molecule has 2 heterocycles. The highest BCUT2D eigenvalue weighted by Gasteiger charge is 2.41. The molecule has 1 aromatic carbocycles. The molecule has 1 aliphatic carbocycles. The molecule has 0 spiro atoms. The van der Waals surface area contributed by atoms with Crippen LogP contribution in [0.15, 0.2) is 67.3 Å². The van der Waals surface area contributed by atoms with Gasteiger partial charge in [-0.1, -0.05) is 24.3 Å². The maximum absolute atomic E-state index is 10.0. The molecule has 5 nitrogen and oxygen atoms in total. The van der Waals surface area contributed by atoms with Crippen molar-refractivity contribution in [3.63, 3.8) is 0 Å². The van der Waals surface area contributed by atoms with Crippen LogP contribution in [0.4, 0.5) is 0 Å². The predicted molar refractivity (Wildman–Crippen MR) is 92.2 cm³/mol. The molecule has 1 saturated carbocycles. The van der Waals surface area contributed by atoms with E-state index >= 15 is 0 Å². The van der Waals surface area contributed by atoms with Crippen molar-refractivity contribution in [2.24, 2.45) is 0 Å². The van der Waals surface area contributed by atoms with Gasteiger partial charge in [-0.2, -0.15) is 5.10 Å². The first kappa shape index (κ1) is 15.1. The zero-order valence-corrected chi connectivity index (χ0v) is 13.3. The molecule has 0 amide bonds. The number of hydrogen-bond donors (Lipinski definition) is 2. The van der Waals surface area contributed by atoms with E-state index in [2.05, 4.69) is 45.7 Å². The molecule has 0 radical (unpaired) electrons. The van der Waals surface area contributed by atoms with Gasteiger partial charge in [-0.3, -0.25) is 9.67 Å². The second-order valence-electron chi connectivity index (χ2n) is 6.21. The van der Waals surface area contributed by atoms with Crippen molar-refractivity contribution in [1.29, 1.82) is 0 Å². The van der Waals surface area contributed by atoms with Gasteiger partial charge in [0.25, 0.3) is 0 Å². The van der Waals surface area contributed by atoms with Gasteiger partial charge < -0.3 is 10.4 Å². The molecule has 0 bridgehead atoms. The third-order valence-corrected chi connectivity index (χ3v) is 4.62. The first-order valence-corrected chi connectivity index (χ1v) is 8.21. The van der Waals surface area contributed by atoms with Gasteiger partial charge in [-0.25, -0.2) is 0 Å². The van der Waals surface area contributed by atoms with Gasteiger partial charge >= 0.3 is 0 Å². The normalized spacial score (nSPS) is 23.0. The fraction of sp³-hybridized carbons (Fsp3) is 0.263. The summed E-state index contributed by atoms with van der Waals surface area (Å²) in [4.78, 5) is 4.18. The van der Waals surface area contributed by atoms with Crippen LogP contribution in [0, 0.1) is 0 Å². The van der Waals surface area contributed by atoms with E-state index in [-0.39, 0.29) is 18.2 Å². The Balaban J connectivity index is 1.43. The van der Waals surface area contributed by atoms with E-state index in [1.54, 1.807) is 12.4 Å². The van der Waals surface area contributed by atoms with Gasteiger partial charge in [-0.05, 0) is 41.3 Å². The SMILES string of the molecule is O[C@@H]1C[C@H](NCc2cccc(-c3cccnc3)c2)[C@H]1n1cccn1. The van der Waals surface area contributed by atoms with E-state index in [9.17, 15) is 5.11 Å². The number of nitrogens with one attached hydrogen (secondary N) is 1. The highest BCUT2D eigenvalue weighted by molar-refractivity contribution is 5.62. The lowest BCUT2D eigenvalue weighted by Gasteiger charge is -2.42. The summed E-state index contributed by atoms with van der Waals surface area (Å²) in [7, 11) is 0. The molecule has 5 heteroatoms. The second kappa shape index (κ2) is 6.55. The van der Waals surface area contributed by atoms with Gasteiger partial charge in [0.1, 0.15) is 0 Å². The molecule has 0 saturated heterocycles. The summed E-state index contributed by atoms with van der Waals surface area (Å²) in [5.41, 5.74) is 3.50. The van der Waals surface area contributed by atoms with Crippen LogP contribution in [0.5, 0.6) is 0 Å². The lowest BCUT2D eigenvalue weighted by Crippen LogP contribution is -2.54. The summed E-state index contributed by atoms with van der Waals surface area (Å²) in [6.07, 6.45) is 7.75. The molecular formula is C19H20N4O. The van der Waals surface area contributed by atoms with Crippen LogP contribution < -0.4 is 5.32 Å². The molecule has 1 aliphatic rings. The molecule has 2 aromatic heterocycles. The van der Waals surface area contributed by atoms with E-state index in [0.29, 0.717) is 0 Å². The van der Waals surface area contributed by atoms with Crippen LogP contribution >= 0.6 is 0 Å². The first-order valence-electron chi connectivity index (χ1n) is 8.21. The Morgan fingerprint density at radius 3 is 2.79 bits per heavy atom. The number of hydrogen-bond acceptors (Lipinski definition) is 4. The van der Waals surface area contributed by atoms with Crippen LogP contribution in [0.3, 0.4) is 0 Å². The summed E-state index contributed by atoms with van der Waals surface area (Å²) >= 11 is 0. The summed E-state index contributed by atoms with van der Waals surface area (Å²) in [6.45, 7) is 0.767. The smallest absolute Gasteiger partial charge is 0.0932 e. The lowest BCUT2D eigenvalue weighted by molar-refractivity contribution is -0.00821. The van der Waals surface area contributed by atoms with Crippen molar-refractivity contribution in [2.45, 2.75) is 31.2 Å². The summed E-state index contributed by atoms with van der Waals surface area (Å²) in [6, 6.07) is 14.6. The van der Waals surface area contributed by atoms with E-state index in [1.807, 2.05) is 29.2 Å². The quantitative estimate of drug-likeness (QED) is 0.758. The number of benzene rings is 1. The van der Waals surface area contributed by atoms with E-state index < -0.39 is 0 Å². The Morgan fingerprint density at radius 1 is 1.12 bits per heavy atom. The monoisotopic (exact) mass is 320 g/mol. The topological polar surface area (TPSA) is 63.0 Å². The Bertz CT molecular complexity index is 788. The van der Waals surface area contributed by atoms with Gasteiger partial charge in [0.2, 0.25) is 0 Å². The van der Waals surface area contributed by atoms with Gasteiger partial charge in [0.05, 0.1) is 12.1 Å². The zero-order valence-electron chi connectivity index (χ0n) is 13.3. The average molecular weight is 320 g/mol. The third-order valence-electron chi connectivity index (χ3n) is 4.62. The minimum absolute atomic E-state index is 0.0153. The van der Waals surface area contributed by atoms with Crippen LogP contribution in [0.1, 0.15) is 18.0 Å². The lowest BCUT2D eigenvalue weighted by atomic mass is 9.83. The minimum atomic E-state index is -0.330. The molecule has 122 valence electrons. The van der Waals surface area contributed by atoms with Crippen LogP contribution in [0.25, 0.3) is 11.1 Å². The standard InChI is InChI=1S/C19H20N4O/c24-18-11-17(19(18)23-9-3-8-22-23)21-12-14-4-1-5-15(10-14)16-6-2-7-20-13-16/h1-10,13,17-19,21,24H,11-12H2/t17-,18+,19+/m0/s1. The Morgan fingerprint density at radius 2 is 2.04 bits per heavy atom. The van der Waals surface area contributed by atoms with Crippen molar-refractivity contribution in [2.75, 3.05) is 0 Å². The van der Waals surface area contributed by atoms with Crippen LogP contribution in [-0.4, -0.2) is 32.0 Å². The third kappa shape index (κ3) is 2.96. The number of rotatable bonds is 5. The number of aromatic nitrogens is 3. The van der Waals surface area contributed by atoms with Crippen molar-refractivity contribution < 1.29 is 5.11 Å². The van der Waals surface area contributed by atoms with E-state index in [1.165, 1.54) is 11.1 Å². The largest absolute Gasteiger partial charge is 0.391 e. The second-order valence-corrected chi connectivity index (χ2v) is 6.21.